The van der Waals surface area contributed by atoms with Crippen LogP contribution in [0.4, 0.5) is 15.8 Å². The third kappa shape index (κ3) is 2.41. The van der Waals surface area contributed by atoms with Crippen molar-refractivity contribution in [2.24, 2.45) is 0 Å². The van der Waals surface area contributed by atoms with Gasteiger partial charge in [0.15, 0.2) is 0 Å². The van der Waals surface area contributed by atoms with Crippen molar-refractivity contribution in [1.82, 2.24) is 4.98 Å². The number of para-hydroxylation sites is 1. The monoisotopic (exact) mass is 277 g/mol. The normalized spacial score (nSPS) is 10.3. The van der Waals surface area contributed by atoms with Gasteiger partial charge in [-0.1, -0.05) is 24.3 Å². The zero-order valence-electron chi connectivity index (χ0n) is 11.4. The van der Waals surface area contributed by atoms with E-state index >= 15 is 0 Å². The molecule has 0 aliphatic carbocycles. The highest BCUT2D eigenvalue weighted by molar-refractivity contribution is 5.95. The van der Waals surface area contributed by atoms with Gasteiger partial charge in [0.05, 0.1) is 16.8 Å². The van der Waals surface area contributed by atoms with Gasteiger partial charge in [0.1, 0.15) is 11.9 Å². The van der Waals surface area contributed by atoms with Gasteiger partial charge in [-0.25, -0.2) is 4.39 Å². The Balaban J connectivity index is 2.14. The molecule has 0 unspecified atom stereocenters. The van der Waals surface area contributed by atoms with E-state index in [-0.39, 0.29) is 5.82 Å². The number of nitriles is 1. The number of pyridine rings is 1. The van der Waals surface area contributed by atoms with Gasteiger partial charge in [0.2, 0.25) is 0 Å². The van der Waals surface area contributed by atoms with Crippen LogP contribution in [0.5, 0.6) is 0 Å². The van der Waals surface area contributed by atoms with E-state index < -0.39 is 0 Å². The molecular formula is C17H12FN3. The van der Waals surface area contributed by atoms with Crippen molar-refractivity contribution < 1.29 is 4.39 Å². The van der Waals surface area contributed by atoms with Gasteiger partial charge < -0.3 is 5.32 Å². The van der Waals surface area contributed by atoms with E-state index in [1.165, 1.54) is 12.3 Å². The Morgan fingerprint density at radius 3 is 2.76 bits per heavy atom. The van der Waals surface area contributed by atoms with Gasteiger partial charge in [-0.15, -0.1) is 0 Å². The molecule has 21 heavy (non-hydrogen) atoms. The Labute approximate surface area is 121 Å². The lowest BCUT2D eigenvalue weighted by Gasteiger charge is -2.12. The first-order chi connectivity index (χ1) is 10.2. The summed E-state index contributed by atoms with van der Waals surface area (Å²) in [5.41, 5.74) is 3.04. The minimum atomic E-state index is -0.281. The van der Waals surface area contributed by atoms with Gasteiger partial charge in [0, 0.05) is 17.3 Å². The van der Waals surface area contributed by atoms with Crippen molar-refractivity contribution in [3.63, 3.8) is 0 Å². The van der Waals surface area contributed by atoms with Crippen LogP contribution in [-0.2, 0) is 0 Å². The predicted molar refractivity (Wildman–Crippen MR) is 80.9 cm³/mol. The molecule has 0 radical (unpaired) electrons. The van der Waals surface area contributed by atoms with E-state index in [1.54, 1.807) is 19.1 Å². The lowest BCUT2D eigenvalue weighted by molar-refractivity contribution is 0.619. The fraction of sp³-hybridized carbons (Fsp3) is 0.0588. The van der Waals surface area contributed by atoms with Crippen molar-refractivity contribution in [1.29, 1.82) is 5.26 Å². The van der Waals surface area contributed by atoms with Crippen molar-refractivity contribution in [2.75, 3.05) is 5.32 Å². The lowest BCUT2D eigenvalue weighted by atomic mass is 10.1. The van der Waals surface area contributed by atoms with Crippen LogP contribution < -0.4 is 5.32 Å². The Hall–Kier alpha value is -2.93. The molecule has 1 aromatic heterocycles. The van der Waals surface area contributed by atoms with Crippen LogP contribution in [0.3, 0.4) is 0 Å². The molecule has 3 rings (SSSR count). The predicted octanol–water partition coefficient (Wildman–Crippen LogP) is 4.30. The van der Waals surface area contributed by atoms with E-state index in [2.05, 4.69) is 16.4 Å². The number of hydrogen-bond acceptors (Lipinski definition) is 3. The smallest absolute Gasteiger partial charge is 0.128 e. The summed E-state index contributed by atoms with van der Waals surface area (Å²) in [5, 5.41) is 13.2. The molecule has 4 heteroatoms. The molecule has 0 amide bonds. The summed E-state index contributed by atoms with van der Waals surface area (Å²) in [7, 11) is 0. The Morgan fingerprint density at radius 1 is 1.19 bits per heavy atom. The second-order valence-electron chi connectivity index (χ2n) is 4.76. The maximum Gasteiger partial charge on any atom is 0.128 e. The van der Waals surface area contributed by atoms with Crippen molar-refractivity contribution in [3.8, 4) is 6.07 Å². The summed E-state index contributed by atoms with van der Waals surface area (Å²) >= 11 is 0. The van der Waals surface area contributed by atoms with E-state index in [0.717, 1.165) is 10.9 Å². The summed E-state index contributed by atoms with van der Waals surface area (Å²) in [4.78, 5) is 4.25. The largest absolute Gasteiger partial charge is 0.354 e. The number of anilines is 2. The maximum atomic E-state index is 13.7. The average Bonchev–Trinajstić information content (AvgIpc) is 2.51. The molecule has 0 saturated heterocycles. The molecule has 0 bridgehead atoms. The van der Waals surface area contributed by atoms with Gasteiger partial charge in [-0.05, 0) is 30.7 Å². The fourth-order valence-electron chi connectivity index (χ4n) is 2.18. The summed E-state index contributed by atoms with van der Waals surface area (Å²) < 4.78 is 13.7. The highest BCUT2D eigenvalue weighted by Crippen LogP contribution is 2.29. The van der Waals surface area contributed by atoms with Crippen molar-refractivity contribution in [2.45, 2.75) is 6.92 Å². The van der Waals surface area contributed by atoms with Crippen LogP contribution in [0, 0.1) is 24.1 Å². The first-order valence-corrected chi connectivity index (χ1v) is 6.50. The number of halogens is 1. The fourth-order valence-corrected chi connectivity index (χ4v) is 2.18. The van der Waals surface area contributed by atoms with Crippen LogP contribution in [0.25, 0.3) is 10.9 Å². The van der Waals surface area contributed by atoms with E-state index in [1.807, 2.05) is 24.3 Å². The van der Waals surface area contributed by atoms with E-state index in [4.69, 9.17) is 0 Å². The number of benzene rings is 2. The summed E-state index contributed by atoms with van der Waals surface area (Å²) in [5.74, 6) is -0.281. The SMILES string of the molecule is Cc1ccc(Nc2c(C#N)cnc3ccccc23)cc1F. The Kier molecular flexibility index (Phi) is 3.25. The standard InChI is InChI=1S/C17H12FN3/c1-11-6-7-13(8-15(11)18)21-17-12(9-19)10-20-16-5-3-2-4-14(16)17/h2-8,10H,1H3,(H,20,21). The molecule has 0 fully saturated rings. The number of aryl methyl sites for hydroxylation is 1. The molecule has 0 atom stereocenters. The van der Waals surface area contributed by atoms with Crippen LogP contribution in [-0.4, -0.2) is 4.98 Å². The van der Waals surface area contributed by atoms with Gasteiger partial charge >= 0.3 is 0 Å². The Morgan fingerprint density at radius 2 is 2.00 bits per heavy atom. The lowest BCUT2D eigenvalue weighted by Crippen LogP contribution is -1.97. The molecule has 0 spiro atoms. The Bertz CT molecular complexity index is 866. The zero-order chi connectivity index (χ0) is 14.8. The highest BCUT2D eigenvalue weighted by atomic mass is 19.1. The number of rotatable bonds is 2. The van der Waals surface area contributed by atoms with Crippen LogP contribution in [0.2, 0.25) is 0 Å². The number of fused-ring (bicyclic) bond motifs is 1. The summed E-state index contributed by atoms with van der Waals surface area (Å²) in [6, 6.07) is 14.5. The molecule has 102 valence electrons. The van der Waals surface area contributed by atoms with Gasteiger partial charge in [-0.3, -0.25) is 4.98 Å². The minimum Gasteiger partial charge on any atom is -0.354 e. The number of nitrogens with one attached hydrogen (secondary N) is 1. The highest BCUT2D eigenvalue weighted by Gasteiger charge is 2.09. The second-order valence-corrected chi connectivity index (χ2v) is 4.76. The van der Waals surface area contributed by atoms with E-state index in [0.29, 0.717) is 22.5 Å². The molecule has 0 aliphatic rings. The first-order valence-electron chi connectivity index (χ1n) is 6.50. The quantitative estimate of drug-likeness (QED) is 0.759. The molecule has 0 aliphatic heterocycles. The first kappa shape index (κ1) is 13.1. The van der Waals surface area contributed by atoms with Crippen molar-refractivity contribution in [3.05, 3.63) is 65.6 Å². The molecule has 3 nitrogen and oxygen atoms in total. The van der Waals surface area contributed by atoms with Gasteiger partial charge in [-0.2, -0.15) is 5.26 Å². The zero-order valence-corrected chi connectivity index (χ0v) is 11.4. The van der Waals surface area contributed by atoms with Crippen LogP contribution in [0.1, 0.15) is 11.1 Å². The third-order valence-electron chi connectivity index (χ3n) is 3.34. The average molecular weight is 277 g/mol. The maximum absolute atomic E-state index is 13.7. The molecule has 1 heterocycles. The summed E-state index contributed by atoms with van der Waals surface area (Å²) in [6.45, 7) is 1.71. The van der Waals surface area contributed by atoms with Crippen LogP contribution >= 0.6 is 0 Å². The molecule has 3 aromatic rings. The summed E-state index contributed by atoms with van der Waals surface area (Å²) in [6.07, 6.45) is 1.52. The number of hydrogen-bond donors (Lipinski definition) is 1. The molecular weight excluding hydrogens is 265 g/mol. The van der Waals surface area contributed by atoms with Crippen LogP contribution in [0.15, 0.2) is 48.7 Å². The third-order valence-corrected chi connectivity index (χ3v) is 3.34. The second kappa shape index (κ2) is 5.22. The molecule has 1 N–H and O–H groups in total. The van der Waals surface area contributed by atoms with Crippen molar-refractivity contribution >= 4 is 22.3 Å². The number of nitrogens with zero attached hydrogens (tertiary/aromatic N) is 2. The van der Waals surface area contributed by atoms with E-state index in [9.17, 15) is 9.65 Å². The topological polar surface area (TPSA) is 48.7 Å². The molecule has 2 aromatic carbocycles. The number of aromatic nitrogens is 1. The molecule has 0 saturated carbocycles. The van der Waals surface area contributed by atoms with Gasteiger partial charge in [0.25, 0.3) is 0 Å². The minimum absolute atomic E-state index is 0.281.